The largest absolute Gasteiger partial charge is 0.460 e. The van der Waals surface area contributed by atoms with E-state index in [1.54, 1.807) is 0 Å². The second-order valence-electron chi connectivity index (χ2n) is 5.29. The molecular weight excluding hydrogens is 288 g/mol. The summed E-state index contributed by atoms with van der Waals surface area (Å²) in [6.45, 7) is 0.917. The maximum Gasteiger partial charge on any atom is 0.330 e. The highest BCUT2D eigenvalue weighted by molar-refractivity contribution is 5.86. The number of hydrogen-bond acceptors (Lipinski definition) is 5. The van der Waals surface area contributed by atoms with Gasteiger partial charge in [0.2, 0.25) is 0 Å². The summed E-state index contributed by atoms with van der Waals surface area (Å²) in [7, 11) is 2.93. The van der Waals surface area contributed by atoms with E-state index in [1.165, 1.54) is 37.0 Å². The number of aromatic nitrogens is 2. The van der Waals surface area contributed by atoms with Crippen molar-refractivity contribution in [2.45, 2.75) is 25.4 Å². The number of carbonyl (C=O) groups excluding carboxylic acids is 1. The molecule has 0 bridgehead atoms. The highest BCUT2D eigenvalue weighted by Crippen LogP contribution is 2.12. The second kappa shape index (κ2) is 7.22. The molecule has 0 aliphatic carbocycles. The first-order valence-electron chi connectivity index (χ1n) is 7.22. The summed E-state index contributed by atoms with van der Waals surface area (Å²) in [4.78, 5) is 35.1. The highest BCUT2D eigenvalue weighted by Gasteiger charge is 2.15. The molecule has 7 nitrogen and oxygen atoms in total. The van der Waals surface area contributed by atoms with E-state index in [9.17, 15) is 14.4 Å². The summed E-state index contributed by atoms with van der Waals surface area (Å²) in [6, 6.07) is 0. The van der Waals surface area contributed by atoms with Crippen LogP contribution in [0.25, 0.3) is 6.08 Å². The van der Waals surface area contributed by atoms with Gasteiger partial charge in [0.25, 0.3) is 5.56 Å². The average Bonchev–Trinajstić information content (AvgIpc) is 2.54. The minimum Gasteiger partial charge on any atom is -0.460 e. The van der Waals surface area contributed by atoms with Crippen molar-refractivity contribution in [3.63, 3.8) is 0 Å². The third-order valence-corrected chi connectivity index (χ3v) is 3.56. The fourth-order valence-electron chi connectivity index (χ4n) is 2.27. The van der Waals surface area contributed by atoms with Crippen LogP contribution in [0.5, 0.6) is 0 Å². The molecule has 7 heteroatoms. The molecule has 1 unspecified atom stereocenters. The Morgan fingerprint density at radius 2 is 2.18 bits per heavy atom. The lowest BCUT2D eigenvalue weighted by Crippen LogP contribution is -2.37. The first-order valence-corrected chi connectivity index (χ1v) is 7.22. The van der Waals surface area contributed by atoms with E-state index >= 15 is 0 Å². The fraction of sp³-hybridized carbons (Fsp3) is 0.533. The average molecular weight is 308 g/mol. The van der Waals surface area contributed by atoms with Gasteiger partial charge in [-0.3, -0.25) is 9.36 Å². The Morgan fingerprint density at radius 3 is 2.86 bits per heavy atom. The van der Waals surface area contributed by atoms with Crippen LogP contribution in [0.3, 0.4) is 0 Å². The molecule has 1 aliphatic rings. The minimum atomic E-state index is -0.537. The predicted molar refractivity (Wildman–Crippen MR) is 80.5 cm³/mol. The maximum atomic E-state index is 11.9. The topological polar surface area (TPSA) is 79.5 Å². The van der Waals surface area contributed by atoms with Crippen molar-refractivity contribution in [2.24, 2.45) is 14.1 Å². The van der Waals surface area contributed by atoms with Crippen LogP contribution in [0.15, 0.2) is 21.9 Å². The monoisotopic (exact) mass is 308 g/mol. The zero-order valence-corrected chi connectivity index (χ0v) is 12.8. The van der Waals surface area contributed by atoms with Crippen LogP contribution in [0, 0.1) is 0 Å². The Bertz CT molecular complexity index is 680. The lowest BCUT2D eigenvalue weighted by molar-refractivity contribution is -0.143. The highest BCUT2D eigenvalue weighted by atomic mass is 16.6. The Hall–Kier alpha value is -2.15. The molecule has 2 rings (SSSR count). The quantitative estimate of drug-likeness (QED) is 0.587. The van der Waals surface area contributed by atoms with Crippen molar-refractivity contribution in [3.8, 4) is 0 Å². The van der Waals surface area contributed by atoms with Gasteiger partial charge in [-0.05, 0) is 25.3 Å². The molecule has 1 saturated heterocycles. The van der Waals surface area contributed by atoms with Crippen LogP contribution in [0.1, 0.15) is 24.8 Å². The molecule has 120 valence electrons. The van der Waals surface area contributed by atoms with Crippen LogP contribution in [0.2, 0.25) is 0 Å². The number of nitrogens with zero attached hydrogens (tertiary/aromatic N) is 2. The van der Waals surface area contributed by atoms with E-state index in [1.807, 2.05) is 0 Å². The van der Waals surface area contributed by atoms with Gasteiger partial charge in [-0.2, -0.15) is 0 Å². The van der Waals surface area contributed by atoms with E-state index in [2.05, 4.69) is 0 Å². The van der Waals surface area contributed by atoms with Crippen molar-refractivity contribution in [3.05, 3.63) is 38.7 Å². The zero-order valence-electron chi connectivity index (χ0n) is 12.8. The van der Waals surface area contributed by atoms with E-state index in [-0.39, 0.29) is 18.3 Å². The molecule has 22 heavy (non-hydrogen) atoms. The molecular formula is C15H20N2O5. The van der Waals surface area contributed by atoms with Crippen molar-refractivity contribution >= 4 is 12.0 Å². The molecule has 1 aromatic rings. The summed E-state index contributed by atoms with van der Waals surface area (Å²) in [6.07, 6.45) is 6.89. The summed E-state index contributed by atoms with van der Waals surface area (Å²) in [5.74, 6) is -0.537. The normalized spacial score (nSPS) is 18.5. The van der Waals surface area contributed by atoms with Crippen molar-refractivity contribution in [1.29, 1.82) is 0 Å². The maximum absolute atomic E-state index is 11.9. The standard InChI is InChI=1S/C15H20N2O5/c1-16-9-11(14(19)17(2)15(16)20)6-7-13(18)22-10-12-5-3-4-8-21-12/h6-7,9,12H,3-5,8,10H2,1-2H3/b7-6+. The van der Waals surface area contributed by atoms with Crippen molar-refractivity contribution in [2.75, 3.05) is 13.2 Å². The van der Waals surface area contributed by atoms with Crippen LogP contribution >= 0.6 is 0 Å². The Balaban J connectivity index is 1.98. The summed E-state index contributed by atoms with van der Waals surface area (Å²) in [5.41, 5.74) is -0.627. The Kier molecular flexibility index (Phi) is 5.32. The molecule has 1 atom stereocenters. The lowest BCUT2D eigenvalue weighted by Gasteiger charge is -2.21. The van der Waals surface area contributed by atoms with E-state index < -0.39 is 17.2 Å². The molecule has 0 radical (unpaired) electrons. The van der Waals surface area contributed by atoms with Crippen LogP contribution in [0.4, 0.5) is 0 Å². The van der Waals surface area contributed by atoms with Crippen molar-refractivity contribution < 1.29 is 14.3 Å². The number of hydrogen-bond donors (Lipinski definition) is 0. The van der Waals surface area contributed by atoms with Gasteiger partial charge in [-0.25, -0.2) is 9.59 Å². The molecule has 1 fully saturated rings. The Morgan fingerprint density at radius 1 is 1.41 bits per heavy atom. The minimum absolute atomic E-state index is 0.0449. The third kappa shape index (κ3) is 3.94. The number of esters is 1. The van der Waals surface area contributed by atoms with Crippen LogP contribution < -0.4 is 11.2 Å². The van der Waals surface area contributed by atoms with Gasteiger partial charge in [0, 0.05) is 33.0 Å². The lowest BCUT2D eigenvalue weighted by atomic mass is 10.1. The van der Waals surface area contributed by atoms with Gasteiger partial charge in [0.15, 0.2) is 0 Å². The number of ether oxygens (including phenoxy) is 2. The third-order valence-electron chi connectivity index (χ3n) is 3.56. The summed E-state index contributed by atoms with van der Waals surface area (Å²) < 4.78 is 12.8. The number of rotatable bonds is 4. The second-order valence-corrected chi connectivity index (χ2v) is 5.29. The summed E-state index contributed by atoms with van der Waals surface area (Å²) in [5, 5.41) is 0. The first-order chi connectivity index (χ1) is 10.5. The molecule has 1 aliphatic heterocycles. The SMILES string of the molecule is Cn1cc(/C=C/C(=O)OCC2CCCCO2)c(=O)n(C)c1=O. The summed E-state index contributed by atoms with van der Waals surface area (Å²) >= 11 is 0. The molecule has 0 N–H and O–H groups in total. The fourth-order valence-corrected chi connectivity index (χ4v) is 2.27. The van der Waals surface area contributed by atoms with Gasteiger partial charge in [0.1, 0.15) is 6.61 Å². The number of aryl methyl sites for hydroxylation is 1. The van der Waals surface area contributed by atoms with Gasteiger partial charge < -0.3 is 14.0 Å². The molecule has 1 aromatic heterocycles. The molecule has 0 spiro atoms. The van der Waals surface area contributed by atoms with Gasteiger partial charge in [0.05, 0.1) is 11.7 Å². The van der Waals surface area contributed by atoms with Gasteiger partial charge in [-0.1, -0.05) is 0 Å². The molecule has 0 saturated carbocycles. The van der Waals surface area contributed by atoms with E-state index in [0.29, 0.717) is 6.61 Å². The van der Waals surface area contributed by atoms with Crippen molar-refractivity contribution in [1.82, 2.24) is 9.13 Å². The Labute approximate surface area is 127 Å². The van der Waals surface area contributed by atoms with E-state index in [0.717, 1.165) is 23.8 Å². The first kappa shape index (κ1) is 16.2. The van der Waals surface area contributed by atoms with Crippen LogP contribution in [-0.4, -0.2) is 34.4 Å². The zero-order chi connectivity index (χ0) is 16.1. The molecule has 0 amide bonds. The molecule has 0 aromatic carbocycles. The van der Waals surface area contributed by atoms with Gasteiger partial charge in [-0.15, -0.1) is 0 Å². The smallest absolute Gasteiger partial charge is 0.330 e. The molecule has 2 heterocycles. The predicted octanol–water partition coefficient (Wildman–Crippen LogP) is 0.209. The van der Waals surface area contributed by atoms with E-state index in [4.69, 9.17) is 9.47 Å². The number of carbonyl (C=O) groups is 1. The van der Waals surface area contributed by atoms with Crippen LogP contribution in [-0.2, 0) is 28.4 Å². The van der Waals surface area contributed by atoms with Gasteiger partial charge >= 0.3 is 11.7 Å².